The lowest BCUT2D eigenvalue weighted by Gasteiger charge is -2.36. The summed E-state index contributed by atoms with van der Waals surface area (Å²) in [6, 6.07) is 5.91. The zero-order valence-electron chi connectivity index (χ0n) is 21.4. The maximum Gasteiger partial charge on any atom is 0.356 e. The van der Waals surface area contributed by atoms with Crippen molar-refractivity contribution >= 4 is 25.9 Å². The van der Waals surface area contributed by atoms with E-state index < -0.39 is 14.3 Å². The molecule has 0 radical (unpaired) electrons. The van der Waals surface area contributed by atoms with Gasteiger partial charge in [0.1, 0.15) is 5.75 Å². The number of carboxylic acid groups (broad SMARTS) is 1. The summed E-state index contributed by atoms with van der Waals surface area (Å²) in [6.07, 6.45) is 3.05. The fraction of sp³-hybridized carbons (Fsp3) is 0.440. The minimum Gasteiger partial charge on any atom is -0.495 e. The van der Waals surface area contributed by atoms with Gasteiger partial charge < -0.3 is 19.6 Å². The van der Waals surface area contributed by atoms with E-state index in [1.807, 2.05) is 18.2 Å². The summed E-state index contributed by atoms with van der Waals surface area (Å²) in [7, 11) is 1.50. The van der Waals surface area contributed by atoms with Crippen LogP contribution in [0.3, 0.4) is 0 Å². The van der Waals surface area contributed by atoms with Gasteiger partial charge in [0.2, 0.25) is 5.95 Å². The number of aryl methyl sites for hydroxylation is 2. The fourth-order valence-electron chi connectivity index (χ4n) is 3.92. The Kier molecular flexibility index (Phi) is 6.45. The first-order valence-corrected chi connectivity index (χ1v) is 14.6. The van der Waals surface area contributed by atoms with Crippen molar-refractivity contribution in [1.29, 1.82) is 0 Å². The third-order valence-electron chi connectivity index (χ3n) is 7.00. The summed E-state index contributed by atoms with van der Waals surface area (Å²) in [5.41, 5.74) is 4.94. The molecule has 1 aliphatic rings. The monoisotopic (exact) mass is 495 g/mol. The normalized spacial score (nSPS) is 13.2. The number of nitrogens with one attached hydrogen (secondary N) is 1. The molecule has 2 aromatic heterocycles. The molecule has 0 saturated carbocycles. The lowest BCUT2D eigenvalue weighted by molar-refractivity contribution is 0.0688. The second-order valence-electron chi connectivity index (χ2n) is 10.4. The Morgan fingerprint density at radius 1 is 1.26 bits per heavy atom. The first kappa shape index (κ1) is 24.9. The molecule has 9 nitrogen and oxygen atoms in total. The van der Waals surface area contributed by atoms with E-state index >= 15 is 0 Å². The predicted molar refractivity (Wildman–Crippen MR) is 137 cm³/mol. The summed E-state index contributed by atoms with van der Waals surface area (Å²) >= 11 is 0. The van der Waals surface area contributed by atoms with Crippen LogP contribution in [0, 0.1) is 0 Å². The molecule has 2 N–H and O–H groups in total. The van der Waals surface area contributed by atoms with E-state index in [0.717, 1.165) is 22.5 Å². The minimum atomic E-state index is -1.86. The molecular weight excluding hydrogens is 462 g/mol. The molecule has 2 heterocycles. The number of carboxylic acids is 1. The van der Waals surface area contributed by atoms with Gasteiger partial charge in [-0.25, -0.2) is 14.8 Å². The van der Waals surface area contributed by atoms with Crippen LogP contribution < -0.4 is 10.1 Å². The van der Waals surface area contributed by atoms with Crippen molar-refractivity contribution in [1.82, 2.24) is 19.7 Å². The summed E-state index contributed by atoms with van der Waals surface area (Å²) in [5, 5.41) is 17.1. The predicted octanol–water partition coefficient (Wildman–Crippen LogP) is 4.95. The van der Waals surface area contributed by atoms with Crippen LogP contribution in [0.5, 0.6) is 5.75 Å². The maximum atomic E-state index is 11.6. The van der Waals surface area contributed by atoms with E-state index in [4.69, 9.17) is 14.1 Å². The average Bonchev–Trinajstić information content (AvgIpc) is 3.15. The zero-order valence-corrected chi connectivity index (χ0v) is 22.4. The van der Waals surface area contributed by atoms with Gasteiger partial charge in [0.15, 0.2) is 14.0 Å². The van der Waals surface area contributed by atoms with Gasteiger partial charge in [-0.05, 0) is 54.2 Å². The summed E-state index contributed by atoms with van der Waals surface area (Å²) < 4.78 is 13.6. The highest BCUT2D eigenvalue weighted by atomic mass is 28.4. The lowest BCUT2D eigenvalue weighted by Crippen LogP contribution is -2.40. The average molecular weight is 496 g/mol. The van der Waals surface area contributed by atoms with Gasteiger partial charge in [0.05, 0.1) is 30.8 Å². The van der Waals surface area contributed by atoms with E-state index in [-0.39, 0.29) is 10.7 Å². The third kappa shape index (κ3) is 4.80. The fourth-order valence-corrected chi connectivity index (χ4v) is 4.88. The van der Waals surface area contributed by atoms with E-state index in [0.29, 0.717) is 42.4 Å². The molecule has 1 aromatic carbocycles. The Morgan fingerprint density at radius 3 is 2.66 bits per heavy atom. The van der Waals surface area contributed by atoms with Crippen molar-refractivity contribution in [2.45, 2.75) is 58.4 Å². The van der Waals surface area contributed by atoms with Gasteiger partial charge in [-0.15, -0.1) is 0 Å². The van der Waals surface area contributed by atoms with Gasteiger partial charge in [-0.2, -0.15) is 5.10 Å². The van der Waals surface area contributed by atoms with Crippen molar-refractivity contribution in [2.24, 2.45) is 7.05 Å². The molecule has 186 valence electrons. The highest BCUT2D eigenvalue weighted by Crippen LogP contribution is 2.38. The lowest BCUT2D eigenvalue weighted by atomic mass is 9.93. The molecule has 0 unspecified atom stereocenters. The van der Waals surface area contributed by atoms with Crippen molar-refractivity contribution in [3.63, 3.8) is 0 Å². The second-order valence-corrected chi connectivity index (χ2v) is 15.2. The Bertz CT molecular complexity index is 1280. The quantitative estimate of drug-likeness (QED) is 0.443. The number of ether oxygens (including phenoxy) is 1. The van der Waals surface area contributed by atoms with Crippen LogP contribution in [0.1, 0.15) is 48.0 Å². The maximum absolute atomic E-state index is 11.6. The molecule has 35 heavy (non-hydrogen) atoms. The Labute approximate surface area is 206 Å². The highest BCUT2D eigenvalue weighted by Gasteiger charge is 2.37. The molecular formula is C25H33N5O4Si. The van der Waals surface area contributed by atoms with Gasteiger partial charge in [0, 0.05) is 18.8 Å². The Balaban J connectivity index is 1.59. The zero-order chi connectivity index (χ0) is 25.5. The van der Waals surface area contributed by atoms with Gasteiger partial charge in [-0.1, -0.05) is 26.8 Å². The third-order valence-corrected chi connectivity index (χ3v) is 11.5. The van der Waals surface area contributed by atoms with E-state index in [2.05, 4.69) is 49.3 Å². The van der Waals surface area contributed by atoms with E-state index in [1.54, 1.807) is 25.0 Å². The van der Waals surface area contributed by atoms with Crippen LogP contribution >= 0.6 is 0 Å². The van der Waals surface area contributed by atoms with Gasteiger partial charge >= 0.3 is 5.97 Å². The Morgan fingerprint density at radius 2 is 2.00 bits per heavy atom. The molecule has 4 rings (SSSR count). The number of anilines is 2. The Hall–Kier alpha value is -3.24. The molecule has 0 spiro atoms. The first-order chi connectivity index (χ1) is 16.4. The standard InChI is InChI=1S/C25H33N5O4Si/c1-25(2,3)35(6,7)34-14-15-8-11-18(19(12-15)33-5)27-24-26-13-16-9-10-17-21(23(31)32)29-30(4)22(17)20(16)28-24/h8,11-13H,9-10,14H2,1-7H3,(H,31,32)(H,26,27,28). The molecule has 0 aliphatic heterocycles. The summed E-state index contributed by atoms with van der Waals surface area (Å²) in [5.74, 6) is 0.0374. The molecule has 1 aliphatic carbocycles. The highest BCUT2D eigenvalue weighted by molar-refractivity contribution is 6.74. The van der Waals surface area contributed by atoms with Crippen LogP contribution in [-0.4, -0.2) is 46.3 Å². The van der Waals surface area contributed by atoms with Gasteiger partial charge in [0.25, 0.3) is 0 Å². The van der Waals surface area contributed by atoms with Gasteiger partial charge in [-0.3, -0.25) is 4.68 Å². The van der Waals surface area contributed by atoms with E-state index in [9.17, 15) is 9.90 Å². The largest absolute Gasteiger partial charge is 0.495 e. The van der Waals surface area contributed by atoms with Crippen LogP contribution in [-0.2, 0) is 30.9 Å². The molecule has 0 amide bonds. The second kappa shape index (κ2) is 9.08. The number of rotatable bonds is 7. The number of aromatic nitrogens is 4. The van der Waals surface area contributed by atoms with Crippen LogP contribution in [0.2, 0.25) is 18.1 Å². The number of fused-ring (bicyclic) bond motifs is 3. The van der Waals surface area contributed by atoms with Crippen LogP contribution in [0.25, 0.3) is 11.4 Å². The van der Waals surface area contributed by atoms with Crippen molar-refractivity contribution in [2.75, 3.05) is 12.4 Å². The smallest absolute Gasteiger partial charge is 0.356 e. The van der Waals surface area contributed by atoms with Crippen molar-refractivity contribution in [3.8, 4) is 17.1 Å². The number of hydrogen-bond acceptors (Lipinski definition) is 7. The number of aromatic carboxylic acids is 1. The molecule has 3 aromatic rings. The first-order valence-electron chi connectivity index (χ1n) is 11.6. The molecule has 0 saturated heterocycles. The molecule has 0 fully saturated rings. The molecule has 0 atom stereocenters. The number of hydrogen-bond donors (Lipinski definition) is 2. The van der Waals surface area contributed by atoms with E-state index in [1.165, 1.54) is 0 Å². The topological polar surface area (TPSA) is 111 Å². The van der Waals surface area contributed by atoms with Crippen molar-refractivity contribution in [3.05, 3.63) is 46.8 Å². The van der Waals surface area contributed by atoms with Crippen LogP contribution in [0.4, 0.5) is 11.6 Å². The van der Waals surface area contributed by atoms with Crippen molar-refractivity contribution < 1.29 is 19.1 Å². The van der Waals surface area contributed by atoms with Crippen LogP contribution in [0.15, 0.2) is 24.4 Å². The minimum absolute atomic E-state index is 0.0819. The summed E-state index contributed by atoms with van der Waals surface area (Å²) in [4.78, 5) is 20.8. The number of methoxy groups -OCH3 is 1. The SMILES string of the molecule is COc1cc(CO[Si](C)(C)C(C)(C)C)ccc1Nc1ncc2c(n1)-c1c(c(C(=O)O)nn1C)CC2. The number of carbonyl (C=O) groups is 1. The number of nitrogens with zero attached hydrogens (tertiary/aromatic N) is 4. The molecule has 10 heteroatoms. The molecule has 0 bridgehead atoms. The summed E-state index contributed by atoms with van der Waals surface area (Å²) in [6.45, 7) is 11.7. The number of benzene rings is 1.